The normalized spacial score (nSPS) is 52.0. The highest BCUT2D eigenvalue weighted by molar-refractivity contribution is 5.75. The van der Waals surface area contributed by atoms with Crippen molar-refractivity contribution < 1.29 is 9.90 Å². The van der Waals surface area contributed by atoms with Crippen LogP contribution in [0.1, 0.15) is 72.1 Å². The number of aliphatic carboxylic acids is 1. The molecule has 6 unspecified atom stereocenters. The summed E-state index contributed by atoms with van der Waals surface area (Å²) in [5.41, 5.74) is -0.185. The monoisotopic (exact) mass is 278 g/mol. The third-order valence-corrected chi connectivity index (χ3v) is 7.38. The molecule has 3 saturated carbocycles. The highest BCUT2D eigenvalue weighted by atomic mass is 16.4. The Hall–Kier alpha value is -0.530. The number of carboxylic acids is 1. The van der Waals surface area contributed by atoms with Gasteiger partial charge in [0.2, 0.25) is 0 Å². The number of hydrogen-bond donors (Lipinski definition) is 1. The molecule has 114 valence electrons. The minimum Gasteiger partial charge on any atom is -0.481 e. The third kappa shape index (κ3) is 1.94. The van der Waals surface area contributed by atoms with Crippen molar-refractivity contribution in [1.82, 2.24) is 0 Å². The Bertz CT molecular complexity index is 404. The average molecular weight is 278 g/mol. The van der Waals surface area contributed by atoms with Crippen molar-refractivity contribution in [3.8, 4) is 0 Å². The Morgan fingerprint density at radius 1 is 1.10 bits per heavy atom. The number of fused-ring (bicyclic) bond motifs is 3. The molecule has 6 atom stereocenters. The average Bonchev–Trinajstić information content (AvgIpc) is 2.37. The van der Waals surface area contributed by atoms with Crippen molar-refractivity contribution in [2.75, 3.05) is 0 Å². The molecule has 20 heavy (non-hydrogen) atoms. The summed E-state index contributed by atoms with van der Waals surface area (Å²) in [5, 5.41) is 9.79. The van der Waals surface area contributed by atoms with E-state index in [0.29, 0.717) is 5.92 Å². The van der Waals surface area contributed by atoms with Gasteiger partial charge in [-0.1, -0.05) is 26.7 Å². The van der Waals surface area contributed by atoms with E-state index in [1.165, 1.54) is 32.1 Å². The Morgan fingerprint density at radius 3 is 2.55 bits per heavy atom. The van der Waals surface area contributed by atoms with Gasteiger partial charge in [-0.15, -0.1) is 0 Å². The molecule has 0 saturated heterocycles. The third-order valence-electron chi connectivity index (χ3n) is 7.38. The second kappa shape index (κ2) is 4.74. The minimum absolute atomic E-state index is 0.286. The van der Waals surface area contributed by atoms with Crippen LogP contribution in [0.25, 0.3) is 0 Å². The van der Waals surface area contributed by atoms with Crippen LogP contribution in [0.2, 0.25) is 0 Å². The van der Waals surface area contributed by atoms with Crippen LogP contribution in [0.15, 0.2) is 0 Å². The van der Waals surface area contributed by atoms with Crippen LogP contribution < -0.4 is 0 Å². The van der Waals surface area contributed by atoms with E-state index in [0.717, 1.165) is 37.0 Å². The quantitative estimate of drug-likeness (QED) is 0.753. The summed E-state index contributed by atoms with van der Waals surface area (Å²) in [5.74, 6) is 2.39. The van der Waals surface area contributed by atoms with E-state index < -0.39 is 11.4 Å². The van der Waals surface area contributed by atoms with E-state index in [1.54, 1.807) is 0 Å². The van der Waals surface area contributed by atoms with E-state index >= 15 is 0 Å². The van der Waals surface area contributed by atoms with Crippen molar-refractivity contribution >= 4 is 5.97 Å². The predicted octanol–water partition coefficient (Wildman–Crippen LogP) is 4.73. The molecule has 2 heteroatoms. The number of carboxylic acid groups (broad SMARTS) is 1. The van der Waals surface area contributed by atoms with Gasteiger partial charge in [0.25, 0.3) is 0 Å². The molecule has 3 rings (SSSR count). The largest absolute Gasteiger partial charge is 0.481 e. The van der Waals surface area contributed by atoms with E-state index in [-0.39, 0.29) is 5.41 Å². The SMILES string of the molecule is CC1CCC2C(CCC3C(C)(C(=O)O)CCCC23C)C1. The zero-order valence-corrected chi connectivity index (χ0v) is 13.3. The van der Waals surface area contributed by atoms with Crippen molar-refractivity contribution in [3.05, 3.63) is 0 Å². The summed E-state index contributed by atoms with van der Waals surface area (Å²) in [4.78, 5) is 11.9. The van der Waals surface area contributed by atoms with Gasteiger partial charge in [-0.2, -0.15) is 0 Å². The molecule has 3 aliphatic carbocycles. The van der Waals surface area contributed by atoms with Crippen LogP contribution in [-0.2, 0) is 4.79 Å². The smallest absolute Gasteiger partial charge is 0.309 e. The molecule has 2 nitrogen and oxygen atoms in total. The van der Waals surface area contributed by atoms with Crippen LogP contribution >= 0.6 is 0 Å². The summed E-state index contributed by atoms with van der Waals surface area (Å²) in [7, 11) is 0. The van der Waals surface area contributed by atoms with Gasteiger partial charge in [0, 0.05) is 0 Å². The van der Waals surface area contributed by atoms with Crippen LogP contribution in [0, 0.1) is 34.5 Å². The fourth-order valence-electron chi connectivity index (χ4n) is 6.33. The lowest BCUT2D eigenvalue weighted by molar-refractivity contribution is -0.172. The molecule has 0 aromatic carbocycles. The van der Waals surface area contributed by atoms with Crippen LogP contribution in [0.5, 0.6) is 0 Å². The molecule has 1 N–H and O–H groups in total. The molecule has 0 bridgehead atoms. The zero-order valence-electron chi connectivity index (χ0n) is 13.3. The van der Waals surface area contributed by atoms with Crippen molar-refractivity contribution in [2.45, 2.75) is 72.1 Å². The number of hydrogen-bond acceptors (Lipinski definition) is 1. The first kappa shape index (κ1) is 14.4. The van der Waals surface area contributed by atoms with E-state index in [2.05, 4.69) is 13.8 Å². The Kier molecular flexibility index (Phi) is 3.42. The molecule has 0 spiro atoms. The van der Waals surface area contributed by atoms with Crippen LogP contribution in [0.4, 0.5) is 0 Å². The lowest BCUT2D eigenvalue weighted by atomic mass is 9.44. The zero-order chi connectivity index (χ0) is 14.5. The van der Waals surface area contributed by atoms with Gasteiger partial charge in [-0.3, -0.25) is 4.79 Å². The molecule has 3 fully saturated rings. The summed E-state index contributed by atoms with van der Waals surface area (Å²) < 4.78 is 0. The Labute approximate surface area is 123 Å². The van der Waals surface area contributed by atoms with Crippen LogP contribution in [-0.4, -0.2) is 11.1 Å². The number of carbonyl (C=O) groups is 1. The molecule has 0 aromatic rings. The molecule has 0 radical (unpaired) electrons. The first-order valence-corrected chi connectivity index (χ1v) is 8.61. The Balaban J connectivity index is 1.92. The second-order valence-corrected chi connectivity index (χ2v) is 8.50. The summed E-state index contributed by atoms with van der Waals surface area (Å²) >= 11 is 0. The fourth-order valence-corrected chi connectivity index (χ4v) is 6.33. The summed E-state index contributed by atoms with van der Waals surface area (Å²) in [6.07, 6.45) is 9.75. The summed E-state index contributed by atoms with van der Waals surface area (Å²) in [6.45, 7) is 6.86. The second-order valence-electron chi connectivity index (χ2n) is 8.50. The molecule has 0 amide bonds. The molecule has 3 aliphatic rings. The maximum atomic E-state index is 11.9. The first-order valence-electron chi connectivity index (χ1n) is 8.61. The minimum atomic E-state index is -0.545. The lowest BCUT2D eigenvalue weighted by Crippen LogP contribution is -2.55. The maximum Gasteiger partial charge on any atom is 0.309 e. The molecular formula is C18H30O2. The maximum absolute atomic E-state index is 11.9. The van der Waals surface area contributed by atoms with Crippen molar-refractivity contribution in [3.63, 3.8) is 0 Å². The standard InChI is InChI=1S/C18H30O2/c1-12-5-7-14-13(11-12)6-8-15-17(14,2)9-4-10-18(15,3)16(19)20/h12-15H,4-11H2,1-3H3,(H,19,20). The van der Waals surface area contributed by atoms with Crippen molar-refractivity contribution in [1.29, 1.82) is 0 Å². The van der Waals surface area contributed by atoms with Gasteiger partial charge in [-0.25, -0.2) is 0 Å². The topological polar surface area (TPSA) is 37.3 Å². The molecule has 0 heterocycles. The lowest BCUT2D eigenvalue weighted by Gasteiger charge is -2.60. The predicted molar refractivity (Wildman–Crippen MR) is 80.4 cm³/mol. The van der Waals surface area contributed by atoms with Gasteiger partial charge in [0.05, 0.1) is 5.41 Å². The van der Waals surface area contributed by atoms with E-state index in [9.17, 15) is 9.90 Å². The van der Waals surface area contributed by atoms with E-state index in [1.807, 2.05) is 6.92 Å². The molecule has 0 aliphatic heterocycles. The highest BCUT2D eigenvalue weighted by Gasteiger charge is 2.59. The molecular weight excluding hydrogens is 248 g/mol. The first-order chi connectivity index (χ1) is 9.38. The number of rotatable bonds is 1. The Morgan fingerprint density at radius 2 is 1.85 bits per heavy atom. The van der Waals surface area contributed by atoms with Crippen molar-refractivity contribution in [2.24, 2.45) is 34.5 Å². The van der Waals surface area contributed by atoms with Gasteiger partial charge < -0.3 is 5.11 Å². The summed E-state index contributed by atoms with van der Waals surface area (Å²) in [6, 6.07) is 0. The highest BCUT2D eigenvalue weighted by Crippen LogP contribution is 2.64. The fraction of sp³-hybridized carbons (Fsp3) is 0.944. The van der Waals surface area contributed by atoms with E-state index in [4.69, 9.17) is 0 Å². The van der Waals surface area contributed by atoms with Gasteiger partial charge in [0.15, 0.2) is 0 Å². The molecule has 0 aromatic heterocycles. The van der Waals surface area contributed by atoms with Gasteiger partial charge in [-0.05, 0) is 74.5 Å². The van der Waals surface area contributed by atoms with Crippen LogP contribution in [0.3, 0.4) is 0 Å². The van der Waals surface area contributed by atoms with Gasteiger partial charge in [0.1, 0.15) is 0 Å². The van der Waals surface area contributed by atoms with Gasteiger partial charge >= 0.3 is 5.97 Å².